The molecule has 0 aliphatic heterocycles. The minimum absolute atomic E-state index is 0.148. The highest BCUT2D eigenvalue weighted by Crippen LogP contribution is 2.44. The summed E-state index contributed by atoms with van der Waals surface area (Å²) < 4.78 is 29.5. The average molecular weight is 192 g/mol. The molecule has 1 fully saturated rings. The number of hydrogen-bond donors (Lipinski definition) is 0. The van der Waals surface area contributed by atoms with E-state index in [2.05, 4.69) is 0 Å². The molecule has 1 saturated carbocycles. The van der Waals surface area contributed by atoms with E-state index in [-0.39, 0.29) is 31.1 Å². The Balaban J connectivity index is 2.10. The van der Waals surface area contributed by atoms with E-state index in [0.717, 1.165) is 6.42 Å². The molecule has 2 nitrogen and oxygen atoms in total. The zero-order valence-corrected chi connectivity index (χ0v) is 7.69. The van der Waals surface area contributed by atoms with Crippen molar-refractivity contribution in [1.82, 2.24) is 0 Å². The van der Waals surface area contributed by atoms with Crippen LogP contribution in [0, 0.1) is 5.92 Å². The van der Waals surface area contributed by atoms with Crippen molar-refractivity contribution in [1.29, 1.82) is 0 Å². The van der Waals surface area contributed by atoms with Gasteiger partial charge in [0.1, 0.15) is 0 Å². The molecule has 1 aliphatic rings. The Morgan fingerprint density at radius 1 is 1.54 bits per heavy atom. The van der Waals surface area contributed by atoms with Gasteiger partial charge >= 0.3 is 5.97 Å². The monoisotopic (exact) mass is 192 g/mol. The van der Waals surface area contributed by atoms with Crippen molar-refractivity contribution in [3.05, 3.63) is 0 Å². The summed E-state index contributed by atoms with van der Waals surface area (Å²) in [5, 5.41) is 0. The summed E-state index contributed by atoms with van der Waals surface area (Å²) >= 11 is 0. The molecule has 0 N–H and O–H groups in total. The van der Waals surface area contributed by atoms with E-state index in [1.807, 2.05) is 6.92 Å². The molecule has 0 radical (unpaired) electrons. The lowest BCUT2D eigenvalue weighted by atomic mass is 9.79. The second-order valence-electron chi connectivity index (χ2n) is 3.55. The maximum absolute atomic E-state index is 12.3. The van der Waals surface area contributed by atoms with Crippen molar-refractivity contribution in [2.45, 2.75) is 38.5 Å². The Bertz CT molecular complexity index is 184. The Labute approximate surface area is 76.3 Å². The lowest BCUT2D eigenvalue weighted by Crippen LogP contribution is -2.36. The van der Waals surface area contributed by atoms with Gasteiger partial charge in [-0.25, -0.2) is 8.78 Å². The fourth-order valence-corrected chi connectivity index (χ4v) is 1.44. The molecule has 0 amide bonds. The molecule has 0 spiro atoms. The zero-order valence-electron chi connectivity index (χ0n) is 7.69. The van der Waals surface area contributed by atoms with Crippen LogP contribution in [0.4, 0.5) is 8.78 Å². The van der Waals surface area contributed by atoms with E-state index >= 15 is 0 Å². The highest BCUT2D eigenvalue weighted by atomic mass is 19.3. The van der Waals surface area contributed by atoms with Crippen LogP contribution in [0.3, 0.4) is 0 Å². The number of rotatable bonds is 4. The first kappa shape index (κ1) is 10.4. The largest absolute Gasteiger partial charge is 0.466 e. The van der Waals surface area contributed by atoms with Gasteiger partial charge in [0.15, 0.2) is 0 Å². The highest BCUT2D eigenvalue weighted by Gasteiger charge is 2.45. The van der Waals surface area contributed by atoms with Gasteiger partial charge in [0.05, 0.1) is 6.61 Å². The number of esters is 1. The summed E-state index contributed by atoms with van der Waals surface area (Å²) in [5.41, 5.74) is 0. The zero-order chi connectivity index (χ0) is 9.90. The Morgan fingerprint density at radius 3 is 2.62 bits per heavy atom. The van der Waals surface area contributed by atoms with Crippen LogP contribution >= 0.6 is 0 Å². The van der Waals surface area contributed by atoms with Crippen LogP contribution in [0.25, 0.3) is 0 Å². The molecular formula is C9H14F2O2. The van der Waals surface area contributed by atoms with E-state index in [1.165, 1.54) is 0 Å². The fourth-order valence-electron chi connectivity index (χ4n) is 1.44. The number of alkyl halides is 2. The van der Waals surface area contributed by atoms with Crippen molar-refractivity contribution in [3.63, 3.8) is 0 Å². The smallest absolute Gasteiger partial charge is 0.306 e. The summed E-state index contributed by atoms with van der Waals surface area (Å²) in [6, 6.07) is 0. The van der Waals surface area contributed by atoms with Crippen LogP contribution < -0.4 is 0 Å². The average Bonchev–Trinajstić information content (AvgIpc) is 1.97. The minimum atomic E-state index is -2.53. The molecular weight excluding hydrogens is 178 g/mol. The third-order valence-corrected chi connectivity index (χ3v) is 2.10. The normalized spacial score (nSPS) is 20.8. The van der Waals surface area contributed by atoms with Gasteiger partial charge in [-0.2, -0.15) is 0 Å². The molecule has 0 aromatic heterocycles. The van der Waals surface area contributed by atoms with Crippen molar-refractivity contribution >= 4 is 5.97 Å². The van der Waals surface area contributed by atoms with Gasteiger partial charge in [-0.05, 0) is 12.3 Å². The van der Waals surface area contributed by atoms with Gasteiger partial charge in [0.25, 0.3) is 0 Å². The molecule has 13 heavy (non-hydrogen) atoms. The van der Waals surface area contributed by atoms with Crippen LogP contribution in [0.2, 0.25) is 0 Å². The topological polar surface area (TPSA) is 26.3 Å². The van der Waals surface area contributed by atoms with E-state index in [1.54, 1.807) is 0 Å². The maximum atomic E-state index is 12.3. The molecule has 0 atom stereocenters. The lowest BCUT2D eigenvalue weighted by molar-refractivity contribution is -0.153. The molecule has 0 unspecified atom stereocenters. The molecule has 1 rings (SSSR count). The second kappa shape index (κ2) is 4.03. The summed E-state index contributed by atoms with van der Waals surface area (Å²) in [4.78, 5) is 10.9. The minimum Gasteiger partial charge on any atom is -0.466 e. The Hall–Kier alpha value is -0.670. The van der Waals surface area contributed by atoms with Gasteiger partial charge in [-0.3, -0.25) is 4.79 Å². The first-order valence-electron chi connectivity index (χ1n) is 4.57. The van der Waals surface area contributed by atoms with Crippen molar-refractivity contribution in [2.24, 2.45) is 5.92 Å². The molecule has 0 saturated heterocycles. The van der Waals surface area contributed by atoms with Crippen LogP contribution in [0.1, 0.15) is 32.6 Å². The number of ether oxygens (including phenoxy) is 1. The lowest BCUT2D eigenvalue weighted by Gasteiger charge is -2.34. The van der Waals surface area contributed by atoms with Crippen molar-refractivity contribution in [3.8, 4) is 0 Å². The van der Waals surface area contributed by atoms with E-state index < -0.39 is 5.92 Å². The number of hydrogen-bond acceptors (Lipinski definition) is 2. The predicted octanol–water partition coefficient (Wildman–Crippen LogP) is 2.38. The number of carbonyl (C=O) groups is 1. The van der Waals surface area contributed by atoms with E-state index in [4.69, 9.17) is 4.74 Å². The predicted molar refractivity (Wildman–Crippen MR) is 43.5 cm³/mol. The van der Waals surface area contributed by atoms with Crippen LogP contribution in [0.15, 0.2) is 0 Å². The first-order chi connectivity index (χ1) is 6.03. The van der Waals surface area contributed by atoms with Gasteiger partial charge < -0.3 is 4.74 Å². The molecule has 0 heterocycles. The Morgan fingerprint density at radius 2 is 2.15 bits per heavy atom. The molecule has 76 valence electrons. The maximum Gasteiger partial charge on any atom is 0.306 e. The van der Waals surface area contributed by atoms with Crippen molar-refractivity contribution in [2.75, 3.05) is 6.61 Å². The van der Waals surface area contributed by atoms with Gasteiger partial charge in [0, 0.05) is 19.3 Å². The van der Waals surface area contributed by atoms with E-state index in [0.29, 0.717) is 6.61 Å². The third-order valence-electron chi connectivity index (χ3n) is 2.10. The quantitative estimate of drug-likeness (QED) is 0.639. The molecule has 1 aliphatic carbocycles. The number of halogens is 2. The number of carbonyl (C=O) groups excluding carboxylic acids is 1. The first-order valence-corrected chi connectivity index (χ1v) is 4.57. The van der Waals surface area contributed by atoms with Gasteiger partial charge in [0.2, 0.25) is 5.92 Å². The second-order valence-corrected chi connectivity index (χ2v) is 3.55. The SMILES string of the molecule is CCCOC(=O)CC1CC(F)(F)C1. The third kappa shape index (κ3) is 3.28. The summed E-state index contributed by atoms with van der Waals surface area (Å²) in [5.74, 6) is -3.04. The summed E-state index contributed by atoms with van der Waals surface area (Å²) in [6.45, 7) is 2.28. The van der Waals surface area contributed by atoms with Crippen LogP contribution in [0.5, 0.6) is 0 Å². The van der Waals surface area contributed by atoms with E-state index in [9.17, 15) is 13.6 Å². The van der Waals surface area contributed by atoms with Gasteiger partial charge in [-0.15, -0.1) is 0 Å². The van der Waals surface area contributed by atoms with Crippen LogP contribution in [-0.4, -0.2) is 18.5 Å². The highest BCUT2D eigenvalue weighted by molar-refractivity contribution is 5.69. The summed E-state index contributed by atoms with van der Waals surface area (Å²) in [6.07, 6.45) is 0.602. The van der Waals surface area contributed by atoms with Crippen molar-refractivity contribution < 1.29 is 18.3 Å². The molecule has 0 aromatic rings. The molecule has 4 heteroatoms. The van der Waals surface area contributed by atoms with Gasteiger partial charge in [-0.1, -0.05) is 6.92 Å². The fraction of sp³-hybridized carbons (Fsp3) is 0.889. The molecule has 0 bridgehead atoms. The molecule has 0 aromatic carbocycles. The Kier molecular flexibility index (Phi) is 3.22. The standard InChI is InChI=1S/C9H14F2O2/c1-2-3-13-8(12)4-7-5-9(10,11)6-7/h7H,2-6H2,1H3. The van der Waals surface area contributed by atoms with Crippen LogP contribution in [-0.2, 0) is 9.53 Å². The summed E-state index contributed by atoms with van der Waals surface area (Å²) in [7, 11) is 0.